The van der Waals surface area contributed by atoms with Gasteiger partial charge in [0.05, 0.1) is 17.4 Å². The molecule has 1 rings (SSSR count). The summed E-state index contributed by atoms with van der Waals surface area (Å²) in [5.74, 6) is 0. The Labute approximate surface area is 73.8 Å². The van der Waals surface area contributed by atoms with Crippen molar-refractivity contribution in [1.82, 2.24) is 4.98 Å². The highest BCUT2D eigenvalue weighted by Crippen LogP contribution is 2.33. The number of hydrogen-bond acceptors (Lipinski definition) is 2. The molecule has 0 aromatic carbocycles. The molecule has 0 amide bonds. The average molecular weight is 189 g/mol. The number of pyridine rings is 1. The van der Waals surface area contributed by atoms with Crippen molar-refractivity contribution in [2.45, 2.75) is 6.18 Å². The Bertz CT molecular complexity index is 283. The number of halogens is 3. The van der Waals surface area contributed by atoms with Gasteiger partial charge in [0.15, 0.2) is 0 Å². The van der Waals surface area contributed by atoms with E-state index in [1.54, 1.807) is 0 Å². The Hall–Kier alpha value is -1.26. The van der Waals surface area contributed by atoms with E-state index in [1.165, 1.54) is 0 Å². The summed E-state index contributed by atoms with van der Waals surface area (Å²) in [6, 6.07) is 0.929. The molecule has 0 saturated carbocycles. The lowest BCUT2D eigenvalue weighted by Crippen LogP contribution is -2.10. The van der Waals surface area contributed by atoms with E-state index in [1.807, 2.05) is 0 Å². The van der Waals surface area contributed by atoms with Gasteiger partial charge in [-0.25, -0.2) is 0 Å². The minimum Gasteiger partial charge on any atom is -0.383 e. The average Bonchev–Trinajstić information content (AvgIpc) is 2.04. The lowest BCUT2D eigenvalue weighted by molar-refractivity contribution is -0.137. The third-order valence-electron chi connectivity index (χ3n) is 1.44. The standard InChI is InChI=1S/C8H8F3N2/c1-2-13-7-5-12-4-3-6(7)8(9,10)11/h3-5,13H,1-2H2. The van der Waals surface area contributed by atoms with E-state index >= 15 is 0 Å². The van der Waals surface area contributed by atoms with Gasteiger partial charge in [0.25, 0.3) is 0 Å². The Morgan fingerprint density at radius 1 is 1.46 bits per heavy atom. The SMILES string of the molecule is [CH2]CNc1cnccc1C(F)(F)F. The summed E-state index contributed by atoms with van der Waals surface area (Å²) in [5.41, 5.74) is -0.754. The van der Waals surface area contributed by atoms with Crippen LogP contribution in [0.3, 0.4) is 0 Å². The monoisotopic (exact) mass is 189 g/mol. The van der Waals surface area contributed by atoms with Crippen LogP contribution in [0, 0.1) is 6.92 Å². The fourth-order valence-corrected chi connectivity index (χ4v) is 0.917. The van der Waals surface area contributed by atoms with Crippen LogP contribution in [-0.4, -0.2) is 11.5 Å². The number of nitrogens with one attached hydrogen (secondary N) is 1. The van der Waals surface area contributed by atoms with E-state index in [2.05, 4.69) is 17.2 Å². The molecule has 1 radical (unpaired) electrons. The van der Waals surface area contributed by atoms with Gasteiger partial charge < -0.3 is 5.32 Å². The Kier molecular flexibility index (Phi) is 2.75. The number of rotatable bonds is 2. The van der Waals surface area contributed by atoms with Gasteiger partial charge in [0.2, 0.25) is 0 Å². The molecular formula is C8H8F3N2. The first kappa shape index (κ1) is 9.83. The topological polar surface area (TPSA) is 24.9 Å². The van der Waals surface area contributed by atoms with E-state index < -0.39 is 11.7 Å². The van der Waals surface area contributed by atoms with E-state index in [9.17, 15) is 13.2 Å². The van der Waals surface area contributed by atoms with Crippen LogP contribution in [-0.2, 0) is 6.18 Å². The summed E-state index contributed by atoms with van der Waals surface area (Å²) in [6.07, 6.45) is -2.11. The van der Waals surface area contributed by atoms with Gasteiger partial charge in [-0.05, 0) is 13.0 Å². The molecule has 0 bridgehead atoms. The molecule has 0 fully saturated rings. The molecule has 0 unspecified atom stereocenters. The molecule has 1 aromatic heterocycles. The fraction of sp³-hybridized carbons (Fsp3) is 0.250. The first-order chi connectivity index (χ1) is 6.05. The van der Waals surface area contributed by atoms with E-state index in [0.29, 0.717) is 0 Å². The largest absolute Gasteiger partial charge is 0.418 e. The maximum atomic E-state index is 12.3. The second kappa shape index (κ2) is 3.64. The Morgan fingerprint density at radius 2 is 2.15 bits per heavy atom. The van der Waals surface area contributed by atoms with Gasteiger partial charge >= 0.3 is 6.18 Å². The summed E-state index contributed by atoms with van der Waals surface area (Å²) in [7, 11) is 0. The second-order valence-corrected chi connectivity index (χ2v) is 2.35. The molecular weight excluding hydrogens is 181 g/mol. The molecule has 1 aromatic rings. The van der Waals surface area contributed by atoms with Gasteiger partial charge in [0, 0.05) is 12.7 Å². The Morgan fingerprint density at radius 3 is 2.69 bits per heavy atom. The van der Waals surface area contributed by atoms with Gasteiger partial charge in [0.1, 0.15) is 0 Å². The van der Waals surface area contributed by atoms with Crippen molar-refractivity contribution in [2.75, 3.05) is 11.9 Å². The molecule has 13 heavy (non-hydrogen) atoms. The van der Waals surface area contributed by atoms with Crippen molar-refractivity contribution in [3.05, 3.63) is 30.9 Å². The van der Waals surface area contributed by atoms with Gasteiger partial charge in [-0.3, -0.25) is 4.98 Å². The molecule has 0 spiro atoms. The predicted octanol–water partition coefficient (Wildman–Crippen LogP) is 2.35. The number of alkyl halides is 3. The predicted molar refractivity (Wildman–Crippen MR) is 43.1 cm³/mol. The minimum atomic E-state index is -4.35. The zero-order valence-electron chi connectivity index (χ0n) is 6.73. The molecule has 0 atom stereocenters. The van der Waals surface area contributed by atoms with Crippen LogP contribution in [0.1, 0.15) is 5.56 Å². The van der Waals surface area contributed by atoms with E-state index in [-0.39, 0.29) is 12.2 Å². The third-order valence-corrected chi connectivity index (χ3v) is 1.44. The van der Waals surface area contributed by atoms with Gasteiger partial charge in [-0.1, -0.05) is 0 Å². The molecule has 5 heteroatoms. The van der Waals surface area contributed by atoms with Crippen molar-refractivity contribution < 1.29 is 13.2 Å². The molecule has 0 saturated heterocycles. The van der Waals surface area contributed by atoms with Crippen molar-refractivity contribution in [3.63, 3.8) is 0 Å². The Balaban J connectivity index is 3.05. The zero-order chi connectivity index (χ0) is 9.90. The number of hydrogen-bond donors (Lipinski definition) is 1. The van der Waals surface area contributed by atoms with Crippen molar-refractivity contribution in [1.29, 1.82) is 0 Å². The summed E-state index contributed by atoms with van der Waals surface area (Å²) in [5, 5.41) is 2.49. The van der Waals surface area contributed by atoms with Crippen LogP contribution < -0.4 is 5.32 Å². The summed E-state index contributed by atoms with van der Waals surface area (Å²) in [4.78, 5) is 3.59. The quantitative estimate of drug-likeness (QED) is 0.772. The maximum Gasteiger partial charge on any atom is 0.418 e. The molecule has 71 valence electrons. The first-order valence-electron chi connectivity index (χ1n) is 3.60. The van der Waals surface area contributed by atoms with Gasteiger partial charge in [-0.15, -0.1) is 0 Å². The minimum absolute atomic E-state index is 0.0370. The van der Waals surface area contributed by atoms with Crippen molar-refractivity contribution in [3.8, 4) is 0 Å². The normalized spacial score (nSPS) is 11.4. The molecule has 0 aliphatic carbocycles. The van der Waals surface area contributed by atoms with Crippen molar-refractivity contribution >= 4 is 5.69 Å². The van der Waals surface area contributed by atoms with Crippen molar-refractivity contribution in [2.24, 2.45) is 0 Å². The van der Waals surface area contributed by atoms with Crippen LogP contribution in [0.5, 0.6) is 0 Å². The van der Waals surface area contributed by atoms with Crippen LogP contribution in [0.15, 0.2) is 18.5 Å². The van der Waals surface area contributed by atoms with E-state index in [4.69, 9.17) is 0 Å². The molecule has 1 heterocycles. The summed E-state index contributed by atoms with van der Waals surface area (Å²) >= 11 is 0. The highest BCUT2D eigenvalue weighted by atomic mass is 19.4. The van der Waals surface area contributed by atoms with Gasteiger partial charge in [-0.2, -0.15) is 13.2 Å². The second-order valence-electron chi connectivity index (χ2n) is 2.35. The van der Waals surface area contributed by atoms with Crippen LogP contribution >= 0.6 is 0 Å². The van der Waals surface area contributed by atoms with Crippen LogP contribution in [0.4, 0.5) is 18.9 Å². The molecule has 0 aliphatic rings. The number of anilines is 1. The highest BCUT2D eigenvalue weighted by molar-refractivity contribution is 5.50. The third kappa shape index (κ3) is 2.34. The van der Waals surface area contributed by atoms with E-state index in [0.717, 1.165) is 18.5 Å². The lowest BCUT2D eigenvalue weighted by atomic mass is 10.2. The van der Waals surface area contributed by atoms with Crippen LogP contribution in [0.25, 0.3) is 0 Å². The summed E-state index contributed by atoms with van der Waals surface area (Å²) < 4.78 is 36.9. The zero-order valence-corrected chi connectivity index (χ0v) is 6.73. The smallest absolute Gasteiger partial charge is 0.383 e. The highest BCUT2D eigenvalue weighted by Gasteiger charge is 2.33. The lowest BCUT2D eigenvalue weighted by Gasteiger charge is -2.12. The summed E-state index contributed by atoms with van der Waals surface area (Å²) in [6.45, 7) is 3.59. The number of nitrogens with zero attached hydrogens (tertiary/aromatic N) is 1. The number of aromatic nitrogens is 1. The van der Waals surface area contributed by atoms with Crippen LogP contribution in [0.2, 0.25) is 0 Å². The fourth-order valence-electron chi connectivity index (χ4n) is 0.917. The molecule has 2 nitrogen and oxygen atoms in total. The molecule has 1 N–H and O–H groups in total. The molecule has 0 aliphatic heterocycles. The first-order valence-corrected chi connectivity index (χ1v) is 3.60. The maximum absolute atomic E-state index is 12.3.